The predicted molar refractivity (Wildman–Crippen MR) is 92.2 cm³/mol. The second-order valence-corrected chi connectivity index (χ2v) is 6.53. The summed E-state index contributed by atoms with van der Waals surface area (Å²) in [6.45, 7) is -1.08. The van der Waals surface area contributed by atoms with Gasteiger partial charge in [-0.25, -0.2) is 0 Å². The highest BCUT2D eigenvalue weighted by atomic mass is 35.5. The molecule has 10 heteroatoms. The molecule has 6 nitrogen and oxygen atoms in total. The molecule has 1 aromatic rings. The van der Waals surface area contributed by atoms with Crippen molar-refractivity contribution < 1.29 is 27.6 Å². The van der Waals surface area contributed by atoms with Crippen LogP contribution in [0.4, 0.5) is 13.2 Å². The lowest BCUT2D eigenvalue weighted by molar-refractivity contribution is -0.144. The topological polar surface area (TPSA) is 78.5 Å². The van der Waals surface area contributed by atoms with E-state index in [0.29, 0.717) is 30.0 Å². The van der Waals surface area contributed by atoms with Gasteiger partial charge in [-0.1, -0.05) is 11.6 Å². The molecule has 0 bridgehead atoms. The Labute approximate surface area is 159 Å². The fraction of sp³-hybridized carbons (Fsp3) is 0.471. The lowest BCUT2D eigenvalue weighted by Gasteiger charge is -2.24. The molecule has 2 rings (SSSR count). The number of alkyl halides is 3. The average molecular weight is 406 g/mol. The first-order chi connectivity index (χ1) is 12.7. The number of carbonyl (C=O) groups excluding carboxylic acids is 3. The van der Waals surface area contributed by atoms with E-state index < -0.39 is 30.6 Å². The van der Waals surface area contributed by atoms with E-state index in [1.807, 2.05) is 5.32 Å². The van der Waals surface area contributed by atoms with Gasteiger partial charge in [0.05, 0.1) is 0 Å². The van der Waals surface area contributed by atoms with Gasteiger partial charge in [-0.15, -0.1) is 0 Å². The SMILES string of the molecule is O=C(NCCC(=O)N1CCCC1C(=O)NCC(F)(F)F)c1ccc(Cl)cc1. The van der Waals surface area contributed by atoms with Crippen LogP contribution in [-0.4, -0.2) is 54.5 Å². The van der Waals surface area contributed by atoms with Crippen molar-refractivity contribution in [2.24, 2.45) is 0 Å². The molecule has 1 saturated heterocycles. The van der Waals surface area contributed by atoms with Gasteiger partial charge >= 0.3 is 6.18 Å². The average Bonchev–Trinajstić information content (AvgIpc) is 3.09. The zero-order valence-electron chi connectivity index (χ0n) is 14.3. The van der Waals surface area contributed by atoms with E-state index in [1.54, 1.807) is 24.3 Å². The van der Waals surface area contributed by atoms with Crippen LogP contribution >= 0.6 is 11.6 Å². The van der Waals surface area contributed by atoms with Crippen molar-refractivity contribution in [2.75, 3.05) is 19.6 Å². The molecule has 0 radical (unpaired) electrons. The monoisotopic (exact) mass is 405 g/mol. The second-order valence-electron chi connectivity index (χ2n) is 6.09. The van der Waals surface area contributed by atoms with Gasteiger partial charge in [-0.2, -0.15) is 13.2 Å². The Hall–Kier alpha value is -2.29. The number of hydrogen-bond donors (Lipinski definition) is 2. The standard InChI is InChI=1S/C17H19ClF3N3O3/c18-12-5-3-11(4-6-12)15(26)22-8-7-14(25)24-9-1-2-13(24)16(27)23-10-17(19,20)21/h3-6,13H,1-2,7-10H2,(H,22,26)(H,23,27). The number of nitrogens with zero attached hydrogens (tertiary/aromatic N) is 1. The first-order valence-corrected chi connectivity index (χ1v) is 8.73. The number of halogens is 4. The van der Waals surface area contributed by atoms with Gasteiger partial charge < -0.3 is 15.5 Å². The highest BCUT2D eigenvalue weighted by molar-refractivity contribution is 6.30. The van der Waals surface area contributed by atoms with Gasteiger partial charge in [-0.05, 0) is 37.1 Å². The summed E-state index contributed by atoms with van der Waals surface area (Å²) >= 11 is 5.74. The van der Waals surface area contributed by atoms with Crippen LogP contribution in [0.3, 0.4) is 0 Å². The summed E-state index contributed by atoms with van der Waals surface area (Å²) in [5, 5.41) is 4.89. The van der Waals surface area contributed by atoms with E-state index in [-0.39, 0.29) is 18.9 Å². The molecule has 1 aliphatic heterocycles. The summed E-state index contributed by atoms with van der Waals surface area (Å²) in [7, 11) is 0. The molecular formula is C17H19ClF3N3O3. The van der Waals surface area contributed by atoms with Crippen LogP contribution in [0.15, 0.2) is 24.3 Å². The van der Waals surface area contributed by atoms with Gasteiger partial charge in [-0.3, -0.25) is 14.4 Å². The zero-order chi connectivity index (χ0) is 20.0. The van der Waals surface area contributed by atoms with E-state index in [0.717, 1.165) is 0 Å². The molecule has 148 valence electrons. The molecule has 0 aliphatic carbocycles. The molecule has 1 aromatic carbocycles. The molecule has 1 atom stereocenters. The highest BCUT2D eigenvalue weighted by Gasteiger charge is 2.36. The molecule has 0 spiro atoms. The molecular weight excluding hydrogens is 387 g/mol. The minimum Gasteiger partial charge on any atom is -0.352 e. The fourth-order valence-electron chi connectivity index (χ4n) is 2.77. The number of nitrogens with one attached hydrogen (secondary N) is 2. The van der Waals surface area contributed by atoms with Crippen molar-refractivity contribution in [1.29, 1.82) is 0 Å². The zero-order valence-corrected chi connectivity index (χ0v) is 15.1. The molecule has 27 heavy (non-hydrogen) atoms. The van der Waals surface area contributed by atoms with E-state index >= 15 is 0 Å². The normalized spacial score (nSPS) is 16.9. The molecule has 3 amide bonds. The Balaban J connectivity index is 1.81. The Kier molecular flexibility index (Phi) is 7.06. The maximum Gasteiger partial charge on any atom is 0.405 e. The van der Waals surface area contributed by atoms with Crippen molar-refractivity contribution in [1.82, 2.24) is 15.5 Å². The van der Waals surface area contributed by atoms with Gasteiger partial charge in [0.2, 0.25) is 11.8 Å². The summed E-state index contributed by atoms with van der Waals surface area (Å²) < 4.78 is 36.7. The predicted octanol–water partition coefficient (Wildman–Crippen LogP) is 2.13. The largest absolute Gasteiger partial charge is 0.405 e. The second kappa shape index (κ2) is 9.07. The minimum absolute atomic E-state index is 0.0493. The van der Waals surface area contributed by atoms with E-state index in [4.69, 9.17) is 11.6 Å². The van der Waals surface area contributed by atoms with Crippen LogP contribution in [0.2, 0.25) is 5.02 Å². The summed E-state index contributed by atoms with van der Waals surface area (Å²) in [4.78, 5) is 37.4. The van der Waals surface area contributed by atoms with Crippen LogP contribution in [0.5, 0.6) is 0 Å². The third-order valence-electron chi connectivity index (χ3n) is 4.07. The van der Waals surface area contributed by atoms with Crippen molar-refractivity contribution in [3.63, 3.8) is 0 Å². The maximum atomic E-state index is 12.3. The number of likely N-dealkylation sites (tertiary alicyclic amines) is 1. The molecule has 1 aliphatic rings. The van der Waals surface area contributed by atoms with Crippen molar-refractivity contribution in [3.05, 3.63) is 34.9 Å². The van der Waals surface area contributed by atoms with E-state index in [2.05, 4.69) is 5.32 Å². The summed E-state index contributed by atoms with van der Waals surface area (Å²) in [5.74, 6) is -1.58. The van der Waals surface area contributed by atoms with Gasteiger partial charge in [0.25, 0.3) is 5.91 Å². The molecule has 0 aromatic heterocycles. The van der Waals surface area contributed by atoms with Crippen molar-refractivity contribution >= 4 is 29.3 Å². The Morgan fingerprint density at radius 1 is 1.15 bits per heavy atom. The number of benzene rings is 1. The van der Waals surface area contributed by atoms with Crippen LogP contribution < -0.4 is 10.6 Å². The number of carbonyl (C=O) groups is 3. The van der Waals surface area contributed by atoms with Gasteiger partial charge in [0.1, 0.15) is 12.6 Å². The minimum atomic E-state index is -4.50. The lowest BCUT2D eigenvalue weighted by atomic mass is 10.2. The third kappa shape index (κ3) is 6.42. The smallest absolute Gasteiger partial charge is 0.352 e. The Bertz CT molecular complexity index is 695. The Morgan fingerprint density at radius 3 is 2.44 bits per heavy atom. The summed E-state index contributed by atoms with van der Waals surface area (Å²) in [6, 6.07) is 5.31. The van der Waals surface area contributed by atoms with Crippen LogP contribution in [0.25, 0.3) is 0 Å². The number of rotatable bonds is 6. The van der Waals surface area contributed by atoms with Gasteiger partial charge in [0, 0.05) is 30.1 Å². The van der Waals surface area contributed by atoms with Crippen LogP contribution in [-0.2, 0) is 9.59 Å². The number of amides is 3. The van der Waals surface area contributed by atoms with Crippen molar-refractivity contribution in [2.45, 2.75) is 31.5 Å². The van der Waals surface area contributed by atoms with E-state index in [9.17, 15) is 27.6 Å². The summed E-state index contributed by atoms with van der Waals surface area (Å²) in [5.41, 5.74) is 0.387. The first-order valence-electron chi connectivity index (χ1n) is 8.35. The molecule has 0 saturated carbocycles. The number of hydrogen-bond acceptors (Lipinski definition) is 3. The fourth-order valence-corrected chi connectivity index (χ4v) is 2.90. The quantitative estimate of drug-likeness (QED) is 0.761. The lowest BCUT2D eigenvalue weighted by Crippen LogP contribution is -2.48. The van der Waals surface area contributed by atoms with Gasteiger partial charge in [0.15, 0.2) is 0 Å². The molecule has 1 fully saturated rings. The van der Waals surface area contributed by atoms with Crippen LogP contribution in [0.1, 0.15) is 29.6 Å². The molecule has 1 unspecified atom stereocenters. The first kappa shape index (κ1) is 21.0. The highest BCUT2D eigenvalue weighted by Crippen LogP contribution is 2.19. The Morgan fingerprint density at radius 2 is 1.81 bits per heavy atom. The maximum absolute atomic E-state index is 12.3. The van der Waals surface area contributed by atoms with E-state index in [1.165, 1.54) is 4.90 Å². The molecule has 2 N–H and O–H groups in total. The van der Waals surface area contributed by atoms with Crippen molar-refractivity contribution in [3.8, 4) is 0 Å². The van der Waals surface area contributed by atoms with Crippen LogP contribution in [0, 0.1) is 0 Å². The molecule has 1 heterocycles. The summed E-state index contributed by atoms with van der Waals surface area (Å²) in [6.07, 6.45) is -3.71. The third-order valence-corrected chi connectivity index (χ3v) is 4.32.